The molecule has 0 saturated carbocycles. The molecule has 2 N–H and O–H groups in total. The number of fused-ring (bicyclic) bond motifs is 1. The Hall–Kier alpha value is -3.24. The van der Waals surface area contributed by atoms with Gasteiger partial charge in [0, 0.05) is 26.2 Å². The van der Waals surface area contributed by atoms with Crippen LogP contribution in [0.4, 0.5) is 13.2 Å². The van der Waals surface area contributed by atoms with E-state index in [1.165, 1.54) is 44.6 Å². The maximum Gasteiger partial charge on any atom is 0.490 e. The van der Waals surface area contributed by atoms with Crippen LogP contribution in [0.3, 0.4) is 0 Å². The standard InChI is InChI=1S/C20H27N3O7S.C2HF3O2/c1-6-23(31(27,28)13-9-7-12(29-4)8-10-13)11-14-15-16(18(25)22(3)17(15)24)20(2,21-14)19(26)30-5;3-2(4,5)1(6)7/h7-10,14-16,21H,6,11H2,1-5H3;(H,6,7)/t14-,15+,16-,20-;/m1./s1. The van der Waals surface area contributed by atoms with Crippen molar-refractivity contribution in [2.24, 2.45) is 11.8 Å². The molecule has 0 radical (unpaired) electrons. The second-order valence-electron chi connectivity index (χ2n) is 8.62. The number of halogens is 3. The van der Waals surface area contributed by atoms with Gasteiger partial charge in [-0.15, -0.1) is 0 Å². The van der Waals surface area contributed by atoms with Crippen molar-refractivity contribution in [2.45, 2.75) is 36.5 Å². The number of methoxy groups -OCH3 is 2. The SMILES string of the molecule is CCN(C[C@H]1N[C@@](C)(C(=O)OC)[C@H]2C(=O)N(C)C(=O)[C@@H]12)S(=O)(=O)c1ccc(OC)cc1.O=C(O)C(F)(F)F. The highest BCUT2D eigenvalue weighted by atomic mass is 32.2. The maximum absolute atomic E-state index is 13.2. The first kappa shape index (κ1) is 31.0. The minimum absolute atomic E-state index is 0.0753. The van der Waals surface area contributed by atoms with Gasteiger partial charge in [0.1, 0.15) is 11.3 Å². The van der Waals surface area contributed by atoms with Gasteiger partial charge >= 0.3 is 18.1 Å². The van der Waals surface area contributed by atoms with E-state index < -0.39 is 63.4 Å². The zero-order chi connectivity index (χ0) is 29.2. The van der Waals surface area contributed by atoms with E-state index in [9.17, 15) is 36.0 Å². The van der Waals surface area contributed by atoms with Gasteiger partial charge in [-0.05, 0) is 31.2 Å². The second kappa shape index (κ2) is 11.2. The monoisotopic (exact) mass is 567 g/mol. The lowest BCUT2D eigenvalue weighted by atomic mass is 9.81. The van der Waals surface area contributed by atoms with Gasteiger partial charge in [0.15, 0.2) is 0 Å². The fraction of sp³-hybridized carbons (Fsp3) is 0.545. The number of nitrogens with zero attached hydrogens (tertiary/aromatic N) is 2. The molecule has 0 unspecified atom stereocenters. The molecular weight excluding hydrogens is 539 g/mol. The molecule has 0 spiro atoms. The van der Waals surface area contributed by atoms with Gasteiger partial charge in [-0.1, -0.05) is 6.92 Å². The van der Waals surface area contributed by atoms with Gasteiger partial charge in [-0.3, -0.25) is 24.6 Å². The molecule has 2 aliphatic heterocycles. The number of hydrogen-bond acceptors (Lipinski definition) is 9. The molecule has 2 saturated heterocycles. The number of carboxylic acids is 1. The molecule has 1 aromatic carbocycles. The van der Waals surface area contributed by atoms with E-state index >= 15 is 0 Å². The first-order chi connectivity index (χ1) is 17.5. The Balaban J connectivity index is 0.000000638. The van der Waals surface area contributed by atoms with E-state index in [2.05, 4.69) is 5.32 Å². The molecule has 4 atom stereocenters. The van der Waals surface area contributed by atoms with Crippen molar-refractivity contribution in [3.05, 3.63) is 24.3 Å². The number of alkyl halides is 3. The molecule has 0 bridgehead atoms. The summed E-state index contributed by atoms with van der Waals surface area (Å²) in [7, 11) is 0.165. The van der Waals surface area contributed by atoms with Gasteiger partial charge in [0.2, 0.25) is 21.8 Å². The molecule has 3 rings (SSSR count). The maximum atomic E-state index is 13.2. The lowest BCUT2D eigenvalue weighted by Gasteiger charge is -2.29. The number of esters is 1. The summed E-state index contributed by atoms with van der Waals surface area (Å²) in [5.74, 6) is -5.69. The number of nitrogens with one attached hydrogen (secondary N) is 1. The Morgan fingerprint density at radius 2 is 1.68 bits per heavy atom. The molecule has 16 heteroatoms. The fourth-order valence-corrected chi connectivity index (χ4v) is 5.96. The van der Waals surface area contributed by atoms with Crippen LogP contribution in [-0.4, -0.2) is 98.6 Å². The Bertz CT molecular complexity index is 1190. The van der Waals surface area contributed by atoms with Crippen LogP contribution in [0.15, 0.2) is 29.2 Å². The molecule has 212 valence electrons. The minimum atomic E-state index is -5.08. The molecule has 2 aliphatic rings. The van der Waals surface area contributed by atoms with E-state index in [1.54, 1.807) is 19.1 Å². The van der Waals surface area contributed by atoms with E-state index in [1.807, 2.05) is 0 Å². The van der Waals surface area contributed by atoms with Gasteiger partial charge in [0.25, 0.3) is 0 Å². The number of likely N-dealkylation sites (tertiary alicyclic amines) is 1. The number of ether oxygens (including phenoxy) is 2. The van der Waals surface area contributed by atoms with Gasteiger partial charge in [-0.2, -0.15) is 17.5 Å². The van der Waals surface area contributed by atoms with Crippen molar-refractivity contribution < 1.29 is 55.3 Å². The van der Waals surface area contributed by atoms with Crippen LogP contribution in [0.25, 0.3) is 0 Å². The highest BCUT2D eigenvalue weighted by Gasteiger charge is 2.66. The van der Waals surface area contributed by atoms with Crippen LogP contribution in [-0.2, 0) is 33.9 Å². The zero-order valence-electron chi connectivity index (χ0n) is 21.1. The van der Waals surface area contributed by atoms with Crippen LogP contribution in [0, 0.1) is 11.8 Å². The first-order valence-electron chi connectivity index (χ1n) is 11.1. The topological polar surface area (TPSA) is 160 Å². The summed E-state index contributed by atoms with van der Waals surface area (Å²) in [6.45, 7) is 3.23. The number of hydrogen-bond donors (Lipinski definition) is 2. The quantitative estimate of drug-likeness (QED) is 0.350. The molecule has 0 aliphatic carbocycles. The number of rotatable bonds is 7. The Labute approximate surface area is 216 Å². The van der Waals surface area contributed by atoms with Crippen molar-refractivity contribution in [2.75, 3.05) is 34.4 Å². The van der Waals surface area contributed by atoms with Crippen molar-refractivity contribution in [3.8, 4) is 5.75 Å². The number of carbonyl (C=O) groups is 4. The molecule has 2 fully saturated rings. The third-order valence-corrected chi connectivity index (χ3v) is 8.37. The van der Waals surface area contributed by atoms with Crippen LogP contribution in [0.5, 0.6) is 5.75 Å². The van der Waals surface area contributed by atoms with Crippen LogP contribution in [0.2, 0.25) is 0 Å². The summed E-state index contributed by atoms with van der Waals surface area (Å²) >= 11 is 0. The summed E-state index contributed by atoms with van der Waals surface area (Å²) in [6, 6.07) is 5.24. The van der Waals surface area contributed by atoms with E-state index in [-0.39, 0.29) is 18.0 Å². The number of aliphatic carboxylic acids is 1. The van der Waals surface area contributed by atoms with Gasteiger partial charge in [0.05, 0.1) is 31.0 Å². The third-order valence-electron chi connectivity index (χ3n) is 6.41. The summed E-state index contributed by atoms with van der Waals surface area (Å²) in [5.41, 5.74) is -1.44. The van der Waals surface area contributed by atoms with E-state index in [0.29, 0.717) is 5.75 Å². The van der Waals surface area contributed by atoms with Gasteiger partial charge < -0.3 is 14.6 Å². The van der Waals surface area contributed by atoms with Gasteiger partial charge in [-0.25, -0.2) is 13.2 Å². The molecular formula is C22H28F3N3O9S. The predicted molar refractivity (Wildman–Crippen MR) is 123 cm³/mol. The van der Waals surface area contributed by atoms with Crippen LogP contribution < -0.4 is 10.1 Å². The molecule has 12 nitrogen and oxygen atoms in total. The summed E-state index contributed by atoms with van der Waals surface area (Å²) < 4.78 is 69.3. The number of imide groups is 1. The highest BCUT2D eigenvalue weighted by molar-refractivity contribution is 7.89. The van der Waals surface area contributed by atoms with Crippen molar-refractivity contribution in [3.63, 3.8) is 0 Å². The average Bonchev–Trinajstić information content (AvgIpc) is 3.29. The predicted octanol–water partition coefficient (Wildman–Crippen LogP) is 0.474. The molecule has 2 heterocycles. The number of likely N-dealkylation sites (N-methyl/N-ethyl adjacent to an activating group) is 1. The summed E-state index contributed by atoms with van der Waals surface area (Å²) in [6.07, 6.45) is -5.08. The third kappa shape index (κ3) is 5.76. The fourth-order valence-electron chi connectivity index (χ4n) is 4.48. The molecule has 1 aromatic rings. The number of sulfonamides is 1. The molecule has 0 aromatic heterocycles. The van der Waals surface area contributed by atoms with Crippen LogP contribution >= 0.6 is 0 Å². The van der Waals surface area contributed by atoms with E-state index in [0.717, 1.165) is 4.90 Å². The number of carboxylic acid groups (broad SMARTS) is 1. The summed E-state index contributed by atoms with van der Waals surface area (Å²) in [5, 5.41) is 10.2. The lowest BCUT2D eigenvalue weighted by Crippen LogP contribution is -2.56. The van der Waals surface area contributed by atoms with E-state index in [4.69, 9.17) is 19.4 Å². The Morgan fingerprint density at radius 3 is 2.11 bits per heavy atom. The first-order valence-corrected chi connectivity index (χ1v) is 12.5. The Morgan fingerprint density at radius 1 is 1.16 bits per heavy atom. The summed E-state index contributed by atoms with van der Waals surface area (Å²) in [4.78, 5) is 48.0. The zero-order valence-corrected chi connectivity index (χ0v) is 21.9. The van der Waals surface area contributed by atoms with Crippen LogP contribution in [0.1, 0.15) is 13.8 Å². The smallest absolute Gasteiger partial charge is 0.490 e. The minimum Gasteiger partial charge on any atom is -0.497 e. The molecule has 38 heavy (non-hydrogen) atoms. The number of amides is 2. The lowest BCUT2D eigenvalue weighted by molar-refractivity contribution is -0.192. The Kier molecular flexibility index (Phi) is 9.17. The largest absolute Gasteiger partial charge is 0.497 e. The van der Waals surface area contributed by atoms with Crippen molar-refractivity contribution >= 4 is 33.8 Å². The highest BCUT2D eigenvalue weighted by Crippen LogP contribution is 2.43. The van der Waals surface area contributed by atoms with Crippen molar-refractivity contribution in [1.82, 2.24) is 14.5 Å². The normalized spacial score (nSPS) is 25.1. The number of carbonyl (C=O) groups excluding carboxylic acids is 3. The number of benzene rings is 1. The second-order valence-corrected chi connectivity index (χ2v) is 10.6. The van der Waals surface area contributed by atoms with Crippen molar-refractivity contribution in [1.29, 1.82) is 0 Å². The molecule has 2 amide bonds. The average molecular weight is 568 g/mol.